The lowest BCUT2D eigenvalue weighted by atomic mass is 10.1. The van der Waals surface area contributed by atoms with Gasteiger partial charge in [-0.1, -0.05) is 78.5 Å². The Hall–Kier alpha value is -3.36. The Kier molecular flexibility index (Phi) is 10.1. The molecule has 0 radical (unpaired) electrons. The summed E-state index contributed by atoms with van der Waals surface area (Å²) in [5.41, 5.74) is 2.90. The summed E-state index contributed by atoms with van der Waals surface area (Å²) in [6, 6.07) is 20.5. The Morgan fingerprint density at radius 3 is 2.29 bits per heavy atom. The third-order valence-electron chi connectivity index (χ3n) is 7.68. The molecule has 3 aromatic rings. The van der Waals surface area contributed by atoms with Crippen molar-refractivity contribution in [1.82, 2.24) is 10.2 Å². The molecule has 1 aliphatic carbocycles. The number of carbonyl (C=O) groups is 2. The van der Waals surface area contributed by atoms with Gasteiger partial charge in [0.15, 0.2) is 0 Å². The van der Waals surface area contributed by atoms with Crippen molar-refractivity contribution < 1.29 is 18.0 Å². The predicted octanol–water partition coefficient (Wildman–Crippen LogP) is 5.67. The van der Waals surface area contributed by atoms with E-state index >= 15 is 0 Å². The molecule has 0 aliphatic heterocycles. The number of hydrogen-bond acceptors (Lipinski definition) is 4. The van der Waals surface area contributed by atoms with Crippen molar-refractivity contribution in [3.05, 3.63) is 94.5 Å². The molecule has 3 aromatic carbocycles. The van der Waals surface area contributed by atoms with E-state index in [-0.39, 0.29) is 23.4 Å². The molecule has 7 nitrogen and oxygen atoms in total. The zero-order chi connectivity index (χ0) is 29.6. The van der Waals surface area contributed by atoms with E-state index in [4.69, 9.17) is 11.6 Å². The molecule has 0 unspecified atom stereocenters. The summed E-state index contributed by atoms with van der Waals surface area (Å²) < 4.78 is 29.1. The van der Waals surface area contributed by atoms with E-state index in [2.05, 4.69) is 5.32 Å². The zero-order valence-corrected chi connectivity index (χ0v) is 25.4. The molecule has 1 N–H and O–H groups in total. The normalized spacial score (nSPS) is 14.4. The molecule has 2 amide bonds. The Bertz CT molecular complexity index is 1460. The molecule has 9 heteroatoms. The van der Waals surface area contributed by atoms with Gasteiger partial charge in [0.2, 0.25) is 11.8 Å². The van der Waals surface area contributed by atoms with E-state index in [0.29, 0.717) is 22.7 Å². The SMILES string of the molecule is Cc1ccc(S(=O)(=O)N(CC(=O)N(CCc2ccccc2)[C@H](C)C(=O)NC2CCCC2)c2cc(Cl)ccc2C)cc1. The number of aryl methyl sites for hydroxylation is 2. The first-order valence-corrected chi connectivity index (χ1v) is 15.9. The summed E-state index contributed by atoms with van der Waals surface area (Å²) in [4.78, 5) is 28.9. The van der Waals surface area contributed by atoms with Crippen molar-refractivity contribution in [3.8, 4) is 0 Å². The van der Waals surface area contributed by atoms with Crippen LogP contribution >= 0.6 is 11.6 Å². The van der Waals surface area contributed by atoms with Crippen LogP contribution in [0.5, 0.6) is 0 Å². The van der Waals surface area contributed by atoms with Crippen LogP contribution in [0.4, 0.5) is 5.69 Å². The number of sulfonamides is 1. The highest BCUT2D eigenvalue weighted by Gasteiger charge is 2.33. The lowest BCUT2D eigenvalue weighted by molar-refractivity contribution is -0.139. The van der Waals surface area contributed by atoms with E-state index < -0.39 is 28.5 Å². The minimum atomic E-state index is -4.14. The van der Waals surface area contributed by atoms with E-state index in [1.54, 1.807) is 44.2 Å². The van der Waals surface area contributed by atoms with Crippen LogP contribution in [0.2, 0.25) is 5.02 Å². The van der Waals surface area contributed by atoms with Crippen molar-refractivity contribution in [2.24, 2.45) is 0 Å². The summed E-state index contributed by atoms with van der Waals surface area (Å²) in [7, 11) is -4.14. The molecule has 1 atom stereocenters. The highest BCUT2D eigenvalue weighted by molar-refractivity contribution is 7.92. The van der Waals surface area contributed by atoms with Crippen LogP contribution < -0.4 is 9.62 Å². The van der Waals surface area contributed by atoms with Crippen LogP contribution in [-0.4, -0.2) is 50.3 Å². The van der Waals surface area contributed by atoms with E-state index in [9.17, 15) is 18.0 Å². The van der Waals surface area contributed by atoms with Gasteiger partial charge in [-0.3, -0.25) is 13.9 Å². The number of amides is 2. The average Bonchev–Trinajstić information content (AvgIpc) is 3.47. The first-order chi connectivity index (χ1) is 19.6. The van der Waals surface area contributed by atoms with Crippen molar-refractivity contribution in [2.45, 2.75) is 69.9 Å². The number of benzene rings is 3. The number of nitrogens with zero attached hydrogens (tertiary/aromatic N) is 2. The standard InChI is InChI=1S/C32H38ClN3O4S/c1-23-13-17-29(18-14-23)41(39,40)36(30-21-27(33)16-15-24(30)2)22-31(37)35(20-19-26-9-5-4-6-10-26)25(3)32(38)34-28-11-7-8-12-28/h4-6,9-10,13-18,21,25,28H,7-8,11-12,19-20,22H2,1-3H3,(H,34,38)/t25-/m1/s1. The Labute approximate surface area is 248 Å². The minimum Gasteiger partial charge on any atom is -0.352 e. The van der Waals surface area contributed by atoms with Crippen LogP contribution in [0, 0.1) is 13.8 Å². The van der Waals surface area contributed by atoms with Crippen LogP contribution in [-0.2, 0) is 26.0 Å². The number of nitrogens with one attached hydrogen (secondary N) is 1. The number of hydrogen-bond donors (Lipinski definition) is 1. The molecule has 0 heterocycles. The fourth-order valence-corrected chi connectivity index (χ4v) is 6.80. The van der Waals surface area contributed by atoms with Crippen molar-refractivity contribution in [3.63, 3.8) is 0 Å². The largest absolute Gasteiger partial charge is 0.352 e. The second kappa shape index (κ2) is 13.5. The van der Waals surface area contributed by atoms with E-state index in [1.165, 1.54) is 17.0 Å². The molecule has 0 bridgehead atoms. The first-order valence-electron chi connectivity index (χ1n) is 14.1. The highest BCUT2D eigenvalue weighted by Crippen LogP contribution is 2.30. The lowest BCUT2D eigenvalue weighted by Gasteiger charge is -2.33. The van der Waals surface area contributed by atoms with Gasteiger partial charge in [-0.2, -0.15) is 0 Å². The Morgan fingerprint density at radius 1 is 0.976 bits per heavy atom. The monoisotopic (exact) mass is 595 g/mol. The predicted molar refractivity (Wildman–Crippen MR) is 164 cm³/mol. The molecule has 1 saturated carbocycles. The van der Waals surface area contributed by atoms with Gasteiger partial charge in [-0.05, 0) is 75.4 Å². The second-order valence-corrected chi connectivity index (χ2v) is 13.0. The molecule has 218 valence electrons. The fourth-order valence-electron chi connectivity index (χ4n) is 5.16. The van der Waals surface area contributed by atoms with Crippen LogP contribution in [0.3, 0.4) is 0 Å². The maximum absolute atomic E-state index is 14.1. The van der Waals surface area contributed by atoms with Gasteiger partial charge in [-0.15, -0.1) is 0 Å². The fraction of sp³-hybridized carbons (Fsp3) is 0.375. The van der Waals surface area contributed by atoms with E-state index in [1.807, 2.05) is 37.3 Å². The molecule has 0 spiro atoms. The second-order valence-electron chi connectivity index (χ2n) is 10.7. The molecular weight excluding hydrogens is 558 g/mol. The van der Waals surface area contributed by atoms with Gasteiger partial charge in [0.25, 0.3) is 10.0 Å². The summed E-state index contributed by atoms with van der Waals surface area (Å²) in [5, 5.41) is 3.45. The summed E-state index contributed by atoms with van der Waals surface area (Å²) in [6.45, 7) is 5.14. The number of anilines is 1. The van der Waals surface area contributed by atoms with Crippen molar-refractivity contribution >= 4 is 39.1 Å². The van der Waals surface area contributed by atoms with Crippen molar-refractivity contribution in [1.29, 1.82) is 0 Å². The highest BCUT2D eigenvalue weighted by atomic mass is 35.5. The maximum atomic E-state index is 14.1. The van der Waals surface area contributed by atoms with E-state index in [0.717, 1.165) is 41.1 Å². The smallest absolute Gasteiger partial charge is 0.264 e. The minimum absolute atomic E-state index is 0.0677. The topological polar surface area (TPSA) is 86.8 Å². The van der Waals surface area contributed by atoms with Gasteiger partial charge in [-0.25, -0.2) is 8.42 Å². The van der Waals surface area contributed by atoms with Crippen LogP contribution in [0.25, 0.3) is 0 Å². The molecule has 4 rings (SSSR count). The summed E-state index contributed by atoms with van der Waals surface area (Å²) in [6.07, 6.45) is 4.51. The molecule has 0 saturated heterocycles. The van der Waals surface area contributed by atoms with Gasteiger partial charge in [0.05, 0.1) is 10.6 Å². The van der Waals surface area contributed by atoms with Crippen LogP contribution in [0.1, 0.15) is 49.3 Å². The molecule has 41 heavy (non-hydrogen) atoms. The quantitative estimate of drug-likeness (QED) is 0.309. The maximum Gasteiger partial charge on any atom is 0.264 e. The Morgan fingerprint density at radius 2 is 1.63 bits per heavy atom. The molecule has 1 aliphatic rings. The molecule has 0 aromatic heterocycles. The number of halogens is 1. The van der Waals surface area contributed by atoms with Crippen molar-refractivity contribution in [2.75, 3.05) is 17.4 Å². The third kappa shape index (κ3) is 7.68. The first kappa shape index (κ1) is 30.6. The number of carbonyl (C=O) groups excluding carboxylic acids is 2. The Balaban J connectivity index is 1.67. The lowest BCUT2D eigenvalue weighted by Crippen LogP contribution is -2.53. The summed E-state index contributed by atoms with van der Waals surface area (Å²) in [5.74, 6) is -0.699. The van der Waals surface area contributed by atoms with Gasteiger partial charge in [0, 0.05) is 17.6 Å². The van der Waals surface area contributed by atoms with Gasteiger partial charge >= 0.3 is 0 Å². The van der Waals surface area contributed by atoms with Gasteiger partial charge in [0.1, 0.15) is 12.6 Å². The average molecular weight is 596 g/mol. The van der Waals surface area contributed by atoms with Gasteiger partial charge < -0.3 is 10.2 Å². The zero-order valence-electron chi connectivity index (χ0n) is 23.8. The van der Waals surface area contributed by atoms with Crippen LogP contribution in [0.15, 0.2) is 77.7 Å². The summed E-state index contributed by atoms with van der Waals surface area (Å²) >= 11 is 6.30. The number of rotatable bonds is 11. The third-order valence-corrected chi connectivity index (χ3v) is 9.69. The molecule has 1 fully saturated rings. The molecular formula is C32H38ClN3O4S.